The van der Waals surface area contributed by atoms with Crippen LogP contribution in [0.5, 0.6) is 0 Å². The lowest BCUT2D eigenvalue weighted by Crippen LogP contribution is -2.25. The van der Waals surface area contributed by atoms with E-state index < -0.39 is 0 Å². The van der Waals surface area contributed by atoms with Gasteiger partial charge in [-0.1, -0.05) is 56.4 Å². The van der Waals surface area contributed by atoms with Crippen LogP contribution in [0.2, 0.25) is 0 Å². The molecule has 0 saturated heterocycles. The van der Waals surface area contributed by atoms with Crippen LogP contribution in [0.15, 0.2) is 24.3 Å². The van der Waals surface area contributed by atoms with Crippen molar-refractivity contribution < 1.29 is 4.79 Å². The second-order valence-electron chi connectivity index (χ2n) is 6.38. The molecule has 0 aromatic heterocycles. The number of Topliss-reactive ketones (excluding diaryl/α,β-unsaturated/α-hetero) is 1. The SMILES string of the molecule is O=C(CC1CCCCC1)C1CCc2ccccc2C1. The summed E-state index contributed by atoms with van der Waals surface area (Å²) in [6.45, 7) is 0. The first-order chi connectivity index (χ1) is 9.33. The van der Waals surface area contributed by atoms with Gasteiger partial charge in [-0.3, -0.25) is 4.79 Å². The topological polar surface area (TPSA) is 17.1 Å². The quantitative estimate of drug-likeness (QED) is 0.786. The molecule has 1 nitrogen and oxygen atoms in total. The monoisotopic (exact) mass is 256 g/mol. The molecule has 0 N–H and O–H groups in total. The predicted octanol–water partition coefficient (Wildman–Crippen LogP) is 4.33. The maximum absolute atomic E-state index is 12.5. The third-order valence-electron chi connectivity index (χ3n) is 5.02. The molecule has 1 saturated carbocycles. The van der Waals surface area contributed by atoms with Gasteiger partial charge in [0.1, 0.15) is 5.78 Å². The highest BCUT2D eigenvalue weighted by atomic mass is 16.1. The first-order valence-corrected chi connectivity index (χ1v) is 7.92. The number of aryl methyl sites for hydroxylation is 1. The minimum Gasteiger partial charge on any atom is -0.299 e. The molecule has 1 unspecified atom stereocenters. The first kappa shape index (κ1) is 12.9. The Hall–Kier alpha value is -1.11. The van der Waals surface area contributed by atoms with Gasteiger partial charge in [-0.2, -0.15) is 0 Å². The first-order valence-electron chi connectivity index (χ1n) is 7.92. The van der Waals surface area contributed by atoms with Gasteiger partial charge in [0.2, 0.25) is 0 Å². The van der Waals surface area contributed by atoms with Crippen LogP contribution in [0.25, 0.3) is 0 Å². The molecule has 1 heteroatoms. The summed E-state index contributed by atoms with van der Waals surface area (Å²) in [5.74, 6) is 1.54. The highest BCUT2D eigenvalue weighted by molar-refractivity contribution is 5.81. The van der Waals surface area contributed by atoms with E-state index in [1.807, 2.05) is 0 Å². The fourth-order valence-corrected chi connectivity index (χ4v) is 3.82. The van der Waals surface area contributed by atoms with E-state index in [0.717, 1.165) is 25.7 Å². The molecule has 3 rings (SSSR count). The Balaban J connectivity index is 1.59. The van der Waals surface area contributed by atoms with Crippen molar-refractivity contribution >= 4 is 5.78 Å². The van der Waals surface area contributed by atoms with Crippen molar-refractivity contribution in [2.75, 3.05) is 0 Å². The van der Waals surface area contributed by atoms with Gasteiger partial charge in [-0.05, 0) is 36.3 Å². The van der Waals surface area contributed by atoms with Crippen LogP contribution in [0, 0.1) is 11.8 Å². The van der Waals surface area contributed by atoms with Gasteiger partial charge >= 0.3 is 0 Å². The fourth-order valence-electron chi connectivity index (χ4n) is 3.82. The number of rotatable bonds is 3. The number of carbonyl (C=O) groups excluding carboxylic acids is 1. The molecule has 1 aromatic rings. The van der Waals surface area contributed by atoms with Gasteiger partial charge in [0.25, 0.3) is 0 Å². The van der Waals surface area contributed by atoms with E-state index in [0.29, 0.717) is 17.6 Å². The third-order valence-corrected chi connectivity index (χ3v) is 5.02. The Bertz CT molecular complexity index is 443. The van der Waals surface area contributed by atoms with E-state index in [9.17, 15) is 4.79 Å². The molecule has 102 valence electrons. The summed E-state index contributed by atoms with van der Waals surface area (Å²) in [6.07, 6.45) is 10.6. The van der Waals surface area contributed by atoms with Gasteiger partial charge < -0.3 is 0 Å². The Kier molecular flexibility index (Phi) is 4.00. The Morgan fingerprint density at radius 3 is 2.53 bits per heavy atom. The largest absolute Gasteiger partial charge is 0.299 e. The van der Waals surface area contributed by atoms with Crippen molar-refractivity contribution in [1.29, 1.82) is 0 Å². The Labute approximate surface area is 116 Å². The number of carbonyl (C=O) groups is 1. The molecule has 1 fully saturated rings. The Morgan fingerprint density at radius 2 is 1.74 bits per heavy atom. The number of hydrogen-bond donors (Lipinski definition) is 0. The summed E-state index contributed by atoms with van der Waals surface area (Å²) in [4.78, 5) is 12.5. The van der Waals surface area contributed by atoms with Crippen LogP contribution in [0.1, 0.15) is 56.1 Å². The van der Waals surface area contributed by atoms with E-state index in [1.165, 1.54) is 43.2 Å². The molecule has 0 aliphatic heterocycles. The zero-order valence-corrected chi connectivity index (χ0v) is 11.7. The zero-order valence-electron chi connectivity index (χ0n) is 11.7. The van der Waals surface area contributed by atoms with E-state index in [-0.39, 0.29) is 0 Å². The zero-order chi connectivity index (χ0) is 13.1. The standard InChI is InChI=1S/C18H24O/c19-18(12-14-6-2-1-3-7-14)17-11-10-15-8-4-5-9-16(15)13-17/h4-5,8-9,14,17H,1-3,6-7,10-13H2. The molecule has 2 aliphatic carbocycles. The van der Waals surface area contributed by atoms with Crippen molar-refractivity contribution in [3.8, 4) is 0 Å². The molecule has 0 heterocycles. The molecular weight excluding hydrogens is 232 g/mol. The molecule has 2 aliphatic rings. The van der Waals surface area contributed by atoms with Gasteiger partial charge in [0.15, 0.2) is 0 Å². The van der Waals surface area contributed by atoms with Crippen LogP contribution in [0.4, 0.5) is 0 Å². The second-order valence-corrected chi connectivity index (χ2v) is 6.38. The average molecular weight is 256 g/mol. The van der Waals surface area contributed by atoms with Gasteiger partial charge in [0.05, 0.1) is 0 Å². The smallest absolute Gasteiger partial charge is 0.136 e. The average Bonchev–Trinajstić information content (AvgIpc) is 2.48. The summed E-state index contributed by atoms with van der Waals surface area (Å²) in [6, 6.07) is 8.64. The highest BCUT2D eigenvalue weighted by Gasteiger charge is 2.26. The molecule has 0 spiro atoms. The van der Waals surface area contributed by atoms with Crippen LogP contribution < -0.4 is 0 Å². The predicted molar refractivity (Wildman–Crippen MR) is 78.2 cm³/mol. The summed E-state index contributed by atoms with van der Waals surface area (Å²) >= 11 is 0. The van der Waals surface area contributed by atoms with Crippen LogP contribution in [0.3, 0.4) is 0 Å². The second kappa shape index (κ2) is 5.90. The molecule has 0 radical (unpaired) electrons. The fraction of sp³-hybridized carbons (Fsp3) is 0.611. The van der Waals surface area contributed by atoms with Crippen molar-refractivity contribution in [2.24, 2.45) is 11.8 Å². The number of ketones is 1. The summed E-state index contributed by atoms with van der Waals surface area (Å²) < 4.78 is 0. The van der Waals surface area contributed by atoms with Crippen molar-refractivity contribution in [1.82, 2.24) is 0 Å². The van der Waals surface area contributed by atoms with Crippen LogP contribution in [-0.2, 0) is 17.6 Å². The summed E-state index contributed by atoms with van der Waals surface area (Å²) in [7, 11) is 0. The Morgan fingerprint density at radius 1 is 1.00 bits per heavy atom. The number of benzene rings is 1. The minimum atomic E-state index is 0.303. The maximum atomic E-state index is 12.5. The van der Waals surface area contributed by atoms with E-state index in [4.69, 9.17) is 0 Å². The van der Waals surface area contributed by atoms with Gasteiger partial charge in [-0.15, -0.1) is 0 Å². The van der Waals surface area contributed by atoms with E-state index in [2.05, 4.69) is 24.3 Å². The molecular formula is C18H24O. The molecule has 0 amide bonds. The lowest BCUT2D eigenvalue weighted by molar-refractivity contribution is -0.124. The maximum Gasteiger partial charge on any atom is 0.136 e. The van der Waals surface area contributed by atoms with E-state index in [1.54, 1.807) is 0 Å². The normalized spacial score (nSPS) is 23.9. The third kappa shape index (κ3) is 3.08. The van der Waals surface area contributed by atoms with Gasteiger partial charge in [0, 0.05) is 12.3 Å². The van der Waals surface area contributed by atoms with Crippen LogP contribution >= 0.6 is 0 Å². The number of hydrogen-bond acceptors (Lipinski definition) is 1. The van der Waals surface area contributed by atoms with Gasteiger partial charge in [-0.25, -0.2) is 0 Å². The lowest BCUT2D eigenvalue weighted by Gasteiger charge is -2.26. The lowest BCUT2D eigenvalue weighted by atomic mass is 9.77. The molecule has 0 bridgehead atoms. The summed E-state index contributed by atoms with van der Waals surface area (Å²) in [5.41, 5.74) is 2.87. The molecule has 1 aromatic carbocycles. The van der Waals surface area contributed by atoms with Crippen molar-refractivity contribution in [2.45, 2.75) is 57.8 Å². The molecule has 1 atom stereocenters. The van der Waals surface area contributed by atoms with E-state index >= 15 is 0 Å². The minimum absolute atomic E-state index is 0.303. The van der Waals surface area contributed by atoms with Crippen molar-refractivity contribution in [3.63, 3.8) is 0 Å². The summed E-state index contributed by atoms with van der Waals surface area (Å²) in [5, 5.41) is 0. The number of fused-ring (bicyclic) bond motifs is 1. The van der Waals surface area contributed by atoms with Crippen LogP contribution in [-0.4, -0.2) is 5.78 Å². The van der Waals surface area contributed by atoms with Crippen molar-refractivity contribution in [3.05, 3.63) is 35.4 Å². The molecule has 19 heavy (non-hydrogen) atoms. The highest BCUT2D eigenvalue weighted by Crippen LogP contribution is 2.31.